The third-order valence-corrected chi connectivity index (χ3v) is 5.05. The van der Waals surface area contributed by atoms with Crippen LogP contribution in [-0.4, -0.2) is 19.2 Å². The molecule has 0 fully saturated rings. The summed E-state index contributed by atoms with van der Waals surface area (Å²) in [6.45, 7) is 0. The van der Waals surface area contributed by atoms with Crippen LogP contribution in [0.4, 0.5) is 4.39 Å². The van der Waals surface area contributed by atoms with Crippen molar-refractivity contribution in [3.05, 3.63) is 89.0 Å². The molecule has 1 aliphatic heterocycles. The van der Waals surface area contributed by atoms with E-state index in [2.05, 4.69) is 10.3 Å². The molecular formula is C22H21FN2O2. The summed E-state index contributed by atoms with van der Waals surface area (Å²) < 4.78 is 25.6. The molecule has 27 heavy (non-hydrogen) atoms. The Balaban J connectivity index is 1.86. The molecular weight excluding hydrogens is 343 g/mol. The van der Waals surface area contributed by atoms with Gasteiger partial charge in [0.05, 0.1) is 20.3 Å². The highest BCUT2D eigenvalue weighted by Crippen LogP contribution is 2.41. The molecule has 4 rings (SSSR count). The number of hydrogen-bond donors (Lipinski definition) is 1. The second kappa shape index (κ2) is 7.37. The van der Waals surface area contributed by atoms with Crippen LogP contribution in [-0.2, 0) is 6.42 Å². The lowest BCUT2D eigenvalue weighted by Gasteiger charge is -2.34. The number of hydrogen-bond acceptors (Lipinski definition) is 4. The molecule has 2 atom stereocenters. The Hall–Kier alpha value is -2.92. The Morgan fingerprint density at radius 1 is 1.00 bits per heavy atom. The van der Waals surface area contributed by atoms with Crippen molar-refractivity contribution in [2.24, 2.45) is 0 Å². The third kappa shape index (κ3) is 3.26. The zero-order valence-corrected chi connectivity index (χ0v) is 15.3. The van der Waals surface area contributed by atoms with Crippen molar-refractivity contribution >= 4 is 0 Å². The highest BCUT2D eigenvalue weighted by atomic mass is 19.1. The maximum atomic E-state index is 14.6. The summed E-state index contributed by atoms with van der Waals surface area (Å²) in [6.07, 6.45) is 4.36. The van der Waals surface area contributed by atoms with Crippen LogP contribution in [0.15, 0.2) is 60.9 Å². The van der Waals surface area contributed by atoms with Gasteiger partial charge in [-0.3, -0.25) is 10.3 Å². The number of benzene rings is 2. The first-order valence-corrected chi connectivity index (χ1v) is 8.86. The van der Waals surface area contributed by atoms with Gasteiger partial charge in [0.25, 0.3) is 0 Å². The number of fused-ring (bicyclic) bond motifs is 1. The molecule has 0 amide bonds. The van der Waals surface area contributed by atoms with Gasteiger partial charge in [-0.25, -0.2) is 4.39 Å². The fraction of sp³-hybridized carbons (Fsp3) is 0.227. The van der Waals surface area contributed by atoms with E-state index in [0.717, 1.165) is 23.1 Å². The van der Waals surface area contributed by atoms with Crippen LogP contribution in [0.5, 0.6) is 11.5 Å². The van der Waals surface area contributed by atoms with E-state index >= 15 is 0 Å². The highest BCUT2D eigenvalue weighted by molar-refractivity contribution is 5.52. The van der Waals surface area contributed by atoms with Gasteiger partial charge in [-0.2, -0.15) is 0 Å². The van der Waals surface area contributed by atoms with Gasteiger partial charge in [0.15, 0.2) is 11.5 Å². The van der Waals surface area contributed by atoms with Crippen LogP contribution in [0.1, 0.15) is 34.3 Å². The van der Waals surface area contributed by atoms with Crippen molar-refractivity contribution in [1.29, 1.82) is 0 Å². The van der Waals surface area contributed by atoms with Crippen molar-refractivity contribution in [3.63, 3.8) is 0 Å². The summed E-state index contributed by atoms with van der Waals surface area (Å²) in [6, 6.07) is 14.5. The number of methoxy groups -OCH3 is 2. The number of pyridine rings is 1. The van der Waals surface area contributed by atoms with E-state index in [9.17, 15) is 4.39 Å². The molecule has 2 heterocycles. The van der Waals surface area contributed by atoms with Gasteiger partial charge < -0.3 is 9.47 Å². The van der Waals surface area contributed by atoms with Crippen molar-refractivity contribution in [2.75, 3.05) is 14.2 Å². The van der Waals surface area contributed by atoms with E-state index in [-0.39, 0.29) is 17.9 Å². The second-order valence-corrected chi connectivity index (χ2v) is 6.57. The number of halogens is 1. The zero-order chi connectivity index (χ0) is 18.8. The zero-order valence-electron chi connectivity index (χ0n) is 15.3. The molecule has 0 bridgehead atoms. The summed E-state index contributed by atoms with van der Waals surface area (Å²) in [4.78, 5) is 4.23. The topological polar surface area (TPSA) is 43.4 Å². The highest BCUT2D eigenvalue weighted by Gasteiger charge is 2.31. The largest absolute Gasteiger partial charge is 0.493 e. The lowest BCUT2D eigenvalue weighted by molar-refractivity contribution is 0.350. The molecule has 138 valence electrons. The van der Waals surface area contributed by atoms with Gasteiger partial charge >= 0.3 is 0 Å². The molecule has 0 radical (unpaired) electrons. The van der Waals surface area contributed by atoms with Gasteiger partial charge in [0.2, 0.25) is 0 Å². The van der Waals surface area contributed by atoms with Gasteiger partial charge in [-0.05, 0) is 47.4 Å². The minimum Gasteiger partial charge on any atom is -0.493 e. The Labute approximate surface area is 158 Å². The minimum atomic E-state index is -0.292. The molecule has 1 aromatic heterocycles. The van der Waals surface area contributed by atoms with Crippen LogP contribution in [0, 0.1) is 5.82 Å². The molecule has 0 saturated carbocycles. The molecule has 2 aromatic carbocycles. The maximum absolute atomic E-state index is 14.6. The summed E-state index contributed by atoms with van der Waals surface area (Å²) in [5, 5.41) is 3.60. The van der Waals surface area contributed by atoms with Gasteiger partial charge in [-0.15, -0.1) is 0 Å². The number of rotatable bonds is 4. The molecule has 0 unspecified atom stereocenters. The number of aromatic nitrogens is 1. The molecule has 5 heteroatoms. The summed E-state index contributed by atoms with van der Waals surface area (Å²) >= 11 is 0. The first-order chi connectivity index (χ1) is 13.2. The van der Waals surface area contributed by atoms with E-state index in [1.165, 1.54) is 6.07 Å². The Bertz CT molecular complexity index is 946. The van der Waals surface area contributed by atoms with E-state index in [1.54, 1.807) is 26.5 Å². The fourth-order valence-corrected chi connectivity index (χ4v) is 3.71. The molecule has 0 aliphatic carbocycles. The molecule has 1 N–H and O–H groups in total. The van der Waals surface area contributed by atoms with Crippen LogP contribution >= 0.6 is 0 Å². The monoisotopic (exact) mass is 364 g/mol. The molecule has 4 nitrogen and oxygen atoms in total. The SMILES string of the molecule is COc1cc2c(cc1OC)[C@H](c1ccccc1F)N[C@H](c1cccnc1)C2. The van der Waals surface area contributed by atoms with Crippen molar-refractivity contribution in [1.82, 2.24) is 10.3 Å². The molecule has 1 aliphatic rings. The lowest BCUT2D eigenvalue weighted by atomic mass is 9.84. The van der Waals surface area contributed by atoms with E-state index in [1.807, 2.05) is 42.6 Å². The number of ether oxygens (including phenoxy) is 2. The van der Waals surface area contributed by atoms with E-state index < -0.39 is 0 Å². The van der Waals surface area contributed by atoms with Crippen LogP contribution in [0.25, 0.3) is 0 Å². The second-order valence-electron chi connectivity index (χ2n) is 6.57. The van der Waals surface area contributed by atoms with Crippen LogP contribution < -0.4 is 14.8 Å². The predicted octanol–water partition coefficient (Wildman–Crippen LogP) is 4.21. The third-order valence-electron chi connectivity index (χ3n) is 5.05. The molecule has 0 saturated heterocycles. The average Bonchev–Trinajstić information content (AvgIpc) is 2.73. The summed E-state index contributed by atoms with van der Waals surface area (Å²) in [5.41, 5.74) is 3.78. The molecule has 0 spiro atoms. The molecule has 3 aromatic rings. The Morgan fingerprint density at radius 2 is 1.78 bits per heavy atom. The standard InChI is InChI=1S/C22H21FN2O2/c1-26-20-11-15-10-19(14-6-5-9-24-13-14)25-22(17(15)12-21(20)27-2)16-7-3-4-8-18(16)23/h3-9,11-13,19,22,25H,10H2,1-2H3/t19-,22-/m0/s1. The Morgan fingerprint density at radius 3 is 2.48 bits per heavy atom. The number of nitrogens with one attached hydrogen (secondary N) is 1. The minimum absolute atomic E-state index is 0.0221. The van der Waals surface area contributed by atoms with Crippen molar-refractivity contribution < 1.29 is 13.9 Å². The fourth-order valence-electron chi connectivity index (χ4n) is 3.71. The first kappa shape index (κ1) is 17.5. The first-order valence-electron chi connectivity index (χ1n) is 8.86. The Kier molecular flexibility index (Phi) is 4.77. The van der Waals surface area contributed by atoms with Gasteiger partial charge in [-0.1, -0.05) is 24.3 Å². The summed E-state index contributed by atoms with van der Waals surface area (Å²) in [7, 11) is 3.23. The quantitative estimate of drug-likeness (QED) is 0.753. The van der Waals surface area contributed by atoms with E-state index in [0.29, 0.717) is 17.1 Å². The van der Waals surface area contributed by atoms with Crippen molar-refractivity contribution in [2.45, 2.75) is 18.5 Å². The van der Waals surface area contributed by atoms with Crippen LogP contribution in [0.3, 0.4) is 0 Å². The van der Waals surface area contributed by atoms with Gasteiger partial charge in [0, 0.05) is 24.0 Å². The predicted molar refractivity (Wildman–Crippen MR) is 102 cm³/mol. The van der Waals surface area contributed by atoms with Gasteiger partial charge in [0.1, 0.15) is 5.82 Å². The van der Waals surface area contributed by atoms with Crippen LogP contribution in [0.2, 0.25) is 0 Å². The normalized spacial score (nSPS) is 18.6. The summed E-state index contributed by atoms with van der Waals surface area (Å²) in [5.74, 6) is 1.08. The lowest BCUT2D eigenvalue weighted by Crippen LogP contribution is -2.34. The van der Waals surface area contributed by atoms with E-state index in [4.69, 9.17) is 9.47 Å². The smallest absolute Gasteiger partial charge is 0.161 e. The maximum Gasteiger partial charge on any atom is 0.161 e. The average molecular weight is 364 g/mol. The van der Waals surface area contributed by atoms with Crippen molar-refractivity contribution in [3.8, 4) is 11.5 Å². The number of nitrogens with zero attached hydrogens (tertiary/aromatic N) is 1.